The van der Waals surface area contributed by atoms with Gasteiger partial charge in [0.1, 0.15) is 37.3 Å². The highest BCUT2D eigenvalue weighted by atomic mass is 16.7. The van der Waals surface area contributed by atoms with E-state index in [0.717, 1.165) is 76.1 Å². The highest BCUT2D eigenvalue weighted by Gasteiger charge is 2.51. The van der Waals surface area contributed by atoms with Crippen LogP contribution >= 0.6 is 0 Å². The van der Waals surface area contributed by atoms with Crippen molar-refractivity contribution in [1.29, 1.82) is 0 Å². The number of aryl methyl sites for hydroxylation is 2. The zero-order valence-electron chi connectivity index (χ0n) is 35.9. The number of methoxy groups -OCH3 is 2. The summed E-state index contributed by atoms with van der Waals surface area (Å²) in [6.07, 6.45) is 23.5. The molecule has 60 heavy (non-hydrogen) atoms. The summed E-state index contributed by atoms with van der Waals surface area (Å²) in [6.45, 7) is 14.5. The Labute approximate surface area is 357 Å². The maximum atomic E-state index is 12.4. The minimum atomic E-state index is -0.526. The summed E-state index contributed by atoms with van der Waals surface area (Å²) in [6, 6.07) is 14.3. The molecular formula is C48H66O12. The molecule has 12 nitrogen and oxygen atoms in total. The van der Waals surface area contributed by atoms with Gasteiger partial charge in [0.2, 0.25) is 0 Å². The molecule has 0 saturated carbocycles. The van der Waals surface area contributed by atoms with Gasteiger partial charge in [-0.05, 0) is 102 Å². The first kappa shape index (κ1) is 50.7. The number of carbonyl (C=O) groups excluding carboxylic acids is 2. The fourth-order valence-electron chi connectivity index (χ4n) is 5.55. The SMILES string of the molecule is C=CC=COCCCCCCOC=COC.C=CC=COCCCCCCOC=COC.Cc1ccc(C(=O)O[C@H]2COC3C2OC[C@H]3OC(=O)c2ccc(C)cc2)cc1. The van der Waals surface area contributed by atoms with Crippen LogP contribution in [-0.4, -0.2) is 90.2 Å². The molecule has 0 aliphatic carbocycles. The van der Waals surface area contributed by atoms with Crippen LogP contribution in [0, 0.1) is 13.8 Å². The number of rotatable bonds is 26. The molecule has 2 fully saturated rings. The number of fused-ring (bicyclic) bond motifs is 1. The normalized spacial score (nSPS) is 17.9. The molecule has 0 radical (unpaired) electrons. The van der Waals surface area contributed by atoms with Gasteiger partial charge in [-0.2, -0.15) is 0 Å². The summed E-state index contributed by atoms with van der Waals surface area (Å²) in [5.74, 6) is -0.837. The Hall–Kier alpha value is -5.46. The number of hydrogen-bond donors (Lipinski definition) is 0. The van der Waals surface area contributed by atoms with Gasteiger partial charge in [-0.15, -0.1) is 0 Å². The third-order valence-corrected chi connectivity index (χ3v) is 8.80. The van der Waals surface area contributed by atoms with E-state index in [-0.39, 0.29) is 13.2 Å². The molecule has 330 valence electrons. The lowest BCUT2D eigenvalue weighted by atomic mass is 10.1. The predicted molar refractivity (Wildman–Crippen MR) is 232 cm³/mol. The Morgan fingerprint density at radius 2 is 0.867 bits per heavy atom. The number of esters is 2. The summed E-state index contributed by atoms with van der Waals surface area (Å²) < 4.78 is 52.8. The van der Waals surface area contributed by atoms with E-state index in [1.807, 2.05) is 38.1 Å². The lowest BCUT2D eigenvalue weighted by molar-refractivity contribution is -0.0287. The van der Waals surface area contributed by atoms with Gasteiger partial charge in [0.05, 0.1) is 77.5 Å². The maximum Gasteiger partial charge on any atom is 0.338 e. The molecule has 0 amide bonds. The Kier molecular flexibility index (Phi) is 28.2. The van der Waals surface area contributed by atoms with Gasteiger partial charge in [-0.3, -0.25) is 0 Å². The zero-order chi connectivity index (χ0) is 43.5. The summed E-state index contributed by atoms with van der Waals surface area (Å²) in [5, 5.41) is 0. The maximum absolute atomic E-state index is 12.4. The zero-order valence-corrected chi connectivity index (χ0v) is 35.9. The van der Waals surface area contributed by atoms with Crippen LogP contribution in [-0.2, 0) is 47.4 Å². The fourth-order valence-corrected chi connectivity index (χ4v) is 5.55. The van der Waals surface area contributed by atoms with Crippen molar-refractivity contribution in [2.24, 2.45) is 0 Å². The van der Waals surface area contributed by atoms with Gasteiger partial charge in [-0.1, -0.05) is 60.7 Å². The first-order chi connectivity index (χ1) is 29.3. The van der Waals surface area contributed by atoms with E-state index < -0.39 is 36.4 Å². The highest BCUT2D eigenvalue weighted by molar-refractivity contribution is 5.90. The topological polar surface area (TPSA) is 126 Å². The number of benzene rings is 2. The highest BCUT2D eigenvalue weighted by Crippen LogP contribution is 2.31. The van der Waals surface area contributed by atoms with E-state index in [2.05, 4.69) is 13.2 Å². The van der Waals surface area contributed by atoms with Gasteiger partial charge in [0, 0.05) is 0 Å². The summed E-state index contributed by atoms with van der Waals surface area (Å²) in [4.78, 5) is 24.7. The number of hydrogen-bond acceptors (Lipinski definition) is 12. The van der Waals surface area contributed by atoms with Crippen LogP contribution in [0.1, 0.15) is 83.2 Å². The molecule has 2 aliphatic heterocycles. The van der Waals surface area contributed by atoms with E-state index >= 15 is 0 Å². The van der Waals surface area contributed by atoms with Crippen LogP contribution in [0.15, 0.2) is 124 Å². The second-order valence-electron chi connectivity index (χ2n) is 13.7. The van der Waals surface area contributed by atoms with Crippen LogP contribution < -0.4 is 0 Å². The third kappa shape index (κ3) is 22.6. The number of unbranched alkanes of at least 4 members (excludes halogenated alkanes) is 6. The average Bonchev–Trinajstić information content (AvgIpc) is 3.85. The van der Waals surface area contributed by atoms with Crippen LogP contribution in [0.4, 0.5) is 0 Å². The van der Waals surface area contributed by atoms with E-state index in [1.165, 1.54) is 25.4 Å². The quantitative estimate of drug-likeness (QED) is 0.0388. The molecule has 2 saturated heterocycles. The van der Waals surface area contributed by atoms with Crippen LogP contribution in [0.3, 0.4) is 0 Å². The van der Waals surface area contributed by atoms with Crippen molar-refractivity contribution in [2.45, 2.75) is 89.6 Å². The molecule has 12 heteroatoms. The summed E-state index contributed by atoms with van der Waals surface area (Å²) in [5.41, 5.74) is 3.10. The molecule has 2 aromatic carbocycles. The molecule has 2 unspecified atom stereocenters. The lowest BCUT2D eigenvalue weighted by Gasteiger charge is -2.17. The van der Waals surface area contributed by atoms with Crippen molar-refractivity contribution in [3.8, 4) is 0 Å². The van der Waals surface area contributed by atoms with E-state index in [0.29, 0.717) is 11.1 Å². The van der Waals surface area contributed by atoms with Gasteiger partial charge in [0.25, 0.3) is 0 Å². The molecule has 4 rings (SSSR count). The van der Waals surface area contributed by atoms with Crippen LogP contribution in [0.25, 0.3) is 0 Å². The first-order valence-electron chi connectivity index (χ1n) is 20.5. The van der Waals surface area contributed by atoms with Crippen molar-refractivity contribution >= 4 is 11.9 Å². The average molecular weight is 835 g/mol. The van der Waals surface area contributed by atoms with Gasteiger partial charge in [-0.25, -0.2) is 9.59 Å². The third-order valence-electron chi connectivity index (χ3n) is 8.80. The van der Waals surface area contributed by atoms with Crippen LogP contribution in [0.5, 0.6) is 0 Å². The van der Waals surface area contributed by atoms with E-state index in [1.54, 1.807) is 87.8 Å². The minimum absolute atomic E-state index is 0.214. The number of carbonyl (C=O) groups is 2. The molecule has 2 aromatic rings. The molecule has 0 bridgehead atoms. The Balaban J connectivity index is 0.000000336. The van der Waals surface area contributed by atoms with Gasteiger partial charge < -0.3 is 47.4 Å². The van der Waals surface area contributed by atoms with E-state index in [4.69, 9.17) is 47.4 Å². The Bertz CT molecular complexity index is 1450. The van der Waals surface area contributed by atoms with Crippen molar-refractivity contribution in [1.82, 2.24) is 0 Å². The molecule has 2 heterocycles. The lowest BCUT2D eigenvalue weighted by Crippen LogP contribution is -2.36. The summed E-state index contributed by atoms with van der Waals surface area (Å²) >= 11 is 0. The Morgan fingerprint density at radius 3 is 1.18 bits per heavy atom. The molecule has 2 aliphatic rings. The van der Waals surface area contributed by atoms with E-state index in [9.17, 15) is 9.59 Å². The fraction of sp³-hybridized carbons (Fsp3) is 0.458. The molecule has 0 aromatic heterocycles. The molecular weight excluding hydrogens is 769 g/mol. The molecule has 0 spiro atoms. The smallest absolute Gasteiger partial charge is 0.338 e. The monoisotopic (exact) mass is 834 g/mol. The number of ether oxygens (including phenoxy) is 10. The van der Waals surface area contributed by atoms with Crippen molar-refractivity contribution in [3.05, 3.63) is 146 Å². The Morgan fingerprint density at radius 1 is 0.533 bits per heavy atom. The summed E-state index contributed by atoms with van der Waals surface area (Å²) in [7, 11) is 3.20. The standard InChI is InChI=1S/C22H22O6.2C13H22O3/c1-13-3-7-15(8-4-13)21(23)27-17-11-25-20-18(12-26-19(17)20)28-22(24)16-9-5-14(2)6-10-16;2*1-3-4-9-15-10-7-5-6-8-11-16-13-12-14-2/h3-10,17-20H,11-12H2,1-2H3;2*3-4,9,12-13H,1,5-8,10-11H2,2H3/t17-,18+,19?,20?;;. The van der Waals surface area contributed by atoms with Crippen LogP contribution in [0.2, 0.25) is 0 Å². The van der Waals surface area contributed by atoms with Crippen molar-refractivity contribution in [3.63, 3.8) is 0 Å². The minimum Gasteiger partial charge on any atom is -0.501 e. The van der Waals surface area contributed by atoms with Crippen molar-refractivity contribution in [2.75, 3.05) is 53.9 Å². The molecule has 4 atom stereocenters. The first-order valence-corrected chi connectivity index (χ1v) is 20.5. The second kappa shape index (κ2) is 33.4. The predicted octanol–water partition coefficient (Wildman–Crippen LogP) is 9.65. The largest absolute Gasteiger partial charge is 0.501 e. The van der Waals surface area contributed by atoms with Gasteiger partial charge >= 0.3 is 11.9 Å². The number of allylic oxidation sites excluding steroid dienone is 4. The second-order valence-corrected chi connectivity index (χ2v) is 13.7. The molecule has 0 N–H and O–H groups in total. The van der Waals surface area contributed by atoms with Gasteiger partial charge in [0.15, 0.2) is 12.2 Å². The van der Waals surface area contributed by atoms with Crippen molar-refractivity contribution < 1.29 is 57.0 Å².